The van der Waals surface area contributed by atoms with Crippen molar-refractivity contribution in [2.45, 2.75) is 6.42 Å². The summed E-state index contributed by atoms with van der Waals surface area (Å²) in [4.78, 5) is 24.2. The van der Waals surface area contributed by atoms with E-state index in [9.17, 15) is 9.59 Å². The van der Waals surface area contributed by atoms with Gasteiger partial charge in [0.2, 0.25) is 0 Å². The van der Waals surface area contributed by atoms with Gasteiger partial charge in [0.1, 0.15) is 4.88 Å². The number of hydrogen-bond donors (Lipinski definition) is 1. The number of hydrazine groups is 1. The van der Waals surface area contributed by atoms with Gasteiger partial charge in [-0.3, -0.25) is 4.79 Å². The van der Waals surface area contributed by atoms with E-state index in [2.05, 4.69) is 10.2 Å². The average Bonchev–Trinajstić information content (AvgIpc) is 2.78. The number of thiophene rings is 1. The number of hydrogen-bond acceptors (Lipinski definition) is 6. The third-order valence-corrected chi connectivity index (χ3v) is 4.71. The molecule has 0 atom stereocenters. The van der Waals surface area contributed by atoms with Crippen molar-refractivity contribution in [2.75, 3.05) is 13.7 Å². The molecule has 0 unspecified atom stereocenters. The zero-order valence-corrected chi connectivity index (χ0v) is 12.4. The monoisotopic (exact) mass is 318 g/mol. The maximum atomic E-state index is 11.5. The summed E-state index contributed by atoms with van der Waals surface area (Å²) in [5, 5.41) is 3.65. The number of halogens is 1. The second kappa shape index (κ2) is 6.31. The number of thioether (sulfide) groups is 1. The molecular weight excluding hydrogens is 308 g/mol. The van der Waals surface area contributed by atoms with Gasteiger partial charge >= 0.3 is 11.2 Å². The molecule has 19 heavy (non-hydrogen) atoms. The molecule has 1 aliphatic rings. The Morgan fingerprint density at radius 3 is 3.05 bits per heavy atom. The fourth-order valence-corrected chi connectivity index (χ4v) is 3.34. The number of esters is 1. The molecule has 0 spiro atoms. The van der Waals surface area contributed by atoms with E-state index in [4.69, 9.17) is 11.6 Å². The Hall–Kier alpha value is -1.18. The maximum absolute atomic E-state index is 11.5. The summed E-state index contributed by atoms with van der Waals surface area (Å²) >= 11 is 8.46. The summed E-state index contributed by atoms with van der Waals surface area (Å²) in [6, 6.07) is 1.59. The van der Waals surface area contributed by atoms with E-state index in [1.165, 1.54) is 23.5 Å². The summed E-state index contributed by atoms with van der Waals surface area (Å²) in [5.74, 6) is -0.399. The number of amides is 1. The van der Waals surface area contributed by atoms with Gasteiger partial charge in [0.15, 0.2) is 0 Å². The molecular formula is C11H11ClN2O3S2. The van der Waals surface area contributed by atoms with Crippen LogP contribution in [-0.4, -0.2) is 29.9 Å². The second-order valence-electron chi connectivity index (χ2n) is 3.59. The predicted octanol–water partition coefficient (Wildman–Crippen LogP) is 2.88. The lowest BCUT2D eigenvalue weighted by Crippen LogP contribution is -2.40. The van der Waals surface area contributed by atoms with Gasteiger partial charge in [0.05, 0.1) is 12.1 Å². The highest BCUT2D eigenvalue weighted by molar-refractivity contribution is 8.16. The molecule has 1 aliphatic heterocycles. The van der Waals surface area contributed by atoms with Crippen LogP contribution in [0.5, 0.6) is 0 Å². The van der Waals surface area contributed by atoms with Gasteiger partial charge < -0.3 is 10.2 Å². The largest absolute Gasteiger partial charge is 0.465 e. The Morgan fingerprint density at radius 1 is 1.58 bits per heavy atom. The van der Waals surface area contributed by atoms with E-state index < -0.39 is 5.97 Å². The molecule has 8 heteroatoms. The summed E-state index contributed by atoms with van der Waals surface area (Å²) in [5.41, 5.74) is 2.85. The molecule has 5 nitrogen and oxygen atoms in total. The van der Waals surface area contributed by atoms with E-state index in [0.717, 1.165) is 16.6 Å². The number of nitrogens with zero attached hydrogens (tertiary/aromatic N) is 1. The molecule has 1 amide bonds. The highest BCUT2D eigenvalue weighted by Gasteiger charge is 2.18. The molecule has 1 aromatic rings. The third kappa shape index (κ3) is 3.43. The van der Waals surface area contributed by atoms with Crippen molar-refractivity contribution in [3.05, 3.63) is 32.5 Å². The first kappa shape index (κ1) is 14.2. The topological polar surface area (TPSA) is 58.6 Å². The zero-order valence-electron chi connectivity index (χ0n) is 10.0. The standard InChI is InChI=1S/C11H11ClN2O3S2/c1-17-10(15)9-6-7(12)8(19-9)2-4-14-11(16)18-5-3-13-14/h3,5-6,13H,2,4H2,1H3. The number of carbonyl (C=O) groups is 2. The number of carbonyl (C=O) groups excluding carboxylic acids is 2. The molecule has 0 aliphatic carbocycles. The van der Waals surface area contributed by atoms with Crippen LogP contribution in [0.15, 0.2) is 17.7 Å². The minimum Gasteiger partial charge on any atom is -0.465 e. The van der Waals surface area contributed by atoms with Crippen molar-refractivity contribution in [1.29, 1.82) is 0 Å². The average molecular weight is 319 g/mol. The van der Waals surface area contributed by atoms with E-state index in [1.54, 1.807) is 17.7 Å². The van der Waals surface area contributed by atoms with Crippen LogP contribution >= 0.6 is 34.7 Å². The van der Waals surface area contributed by atoms with Gasteiger partial charge in [0.25, 0.3) is 0 Å². The Bertz CT molecular complexity index is 530. The fraction of sp³-hybridized carbons (Fsp3) is 0.273. The van der Waals surface area contributed by atoms with Crippen molar-refractivity contribution < 1.29 is 14.3 Å². The SMILES string of the molecule is COC(=O)c1cc(Cl)c(CCN2NC=CSC2=O)s1. The van der Waals surface area contributed by atoms with Crippen LogP contribution in [0.3, 0.4) is 0 Å². The molecule has 0 bridgehead atoms. The van der Waals surface area contributed by atoms with Crippen molar-refractivity contribution in [2.24, 2.45) is 0 Å². The Labute approximate surface area is 123 Å². The number of methoxy groups -OCH3 is 1. The highest BCUT2D eigenvalue weighted by Crippen LogP contribution is 2.28. The number of ether oxygens (including phenoxy) is 1. The third-order valence-electron chi connectivity index (χ3n) is 2.39. The maximum Gasteiger partial charge on any atom is 0.348 e. The van der Waals surface area contributed by atoms with Gasteiger partial charge in [-0.2, -0.15) is 0 Å². The first-order valence-corrected chi connectivity index (χ1v) is 7.45. The lowest BCUT2D eigenvalue weighted by Gasteiger charge is -2.23. The minimum absolute atomic E-state index is 0.0663. The Balaban J connectivity index is 1.99. The summed E-state index contributed by atoms with van der Waals surface area (Å²) in [7, 11) is 1.33. The van der Waals surface area contributed by atoms with Gasteiger partial charge in [-0.1, -0.05) is 11.6 Å². The fourth-order valence-electron chi connectivity index (χ4n) is 1.48. The van der Waals surface area contributed by atoms with Gasteiger partial charge in [-0.05, 0) is 23.2 Å². The molecule has 1 aromatic heterocycles. The summed E-state index contributed by atoms with van der Waals surface area (Å²) in [6.45, 7) is 0.483. The van der Waals surface area contributed by atoms with Crippen molar-refractivity contribution in [3.63, 3.8) is 0 Å². The quantitative estimate of drug-likeness (QED) is 0.865. The molecule has 0 aromatic carbocycles. The van der Waals surface area contributed by atoms with Crippen LogP contribution in [0, 0.1) is 0 Å². The van der Waals surface area contributed by atoms with Gasteiger partial charge in [0, 0.05) is 24.0 Å². The van der Waals surface area contributed by atoms with E-state index in [1.807, 2.05) is 0 Å². The van der Waals surface area contributed by atoms with E-state index in [0.29, 0.717) is 22.9 Å². The number of nitrogens with one attached hydrogen (secondary N) is 1. The van der Waals surface area contributed by atoms with Crippen molar-refractivity contribution >= 4 is 45.9 Å². The predicted molar refractivity (Wildman–Crippen MR) is 76.3 cm³/mol. The number of rotatable bonds is 4. The normalized spacial score (nSPS) is 14.4. The molecule has 102 valence electrons. The highest BCUT2D eigenvalue weighted by atomic mass is 35.5. The molecule has 1 N–H and O–H groups in total. The Kier molecular flexibility index (Phi) is 4.73. The molecule has 0 fully saturated rings. The van der Waals surface area contributed by atoms with E-state index in [-0.39, 0.29) is 5.24 Å². The summed E-state index contributed by atoms with van der Waals surface area (Å²) < 4.78 is 4.64. The lowest BCUT2D eigenvalue weighted by molar-refractivity contribution is 0.0606. The van der Waals surface area contributed by atoms with E-state index >= 15 is 0 Å². The van der Waals surface area contributed by atoms with Crippen molar-refractivity contribution in [1.82, 2.24) is 10.4 Å². The first-order chi connectivity index (χ1) is 9.11. The van der Waals surface area contributed by atoms with Crippen LogP contribution in [0.2, 0.25) is 5.02 Å². The van der Waals surface area contributed by atoms with Crippen LogP contribution < -0.4 is 5.43 Å². The Morgan fingerprint density at radius 2 is 2.37 bits per heavy atom. The first-order valence-electron chi connectivity index (χ1n) is 5.37. The van der Waals surface area contributed by atoms with Gasteiger partial charge in [-0.25, -0.2) is 9.80 Å². The molecule has 0 radical (unpaired) electrons. The summed E-state index contributed by atoms with van der Waals surface area (Å²) in [6.07, 6.45) is 2.27. The molecule has 0 saturated carbocycles. The second-order valence-corrected chi connectivity index (χ2v) is 5.99. The van der Waals surface area contributed by atoms with Crippen LogP contribution in [0.4, 0.5) is 4.79 Å². The van der Waals surface area contributed by atoms with Crippen LogP contribution in [0.1, 0.15) is 14.5 Å². The molecule has 2 heterocycles. The van der Waals surface area contributed by atoms with Crippen LogP contribution in [0.25, 0.3) is 0 Å². The smallest absolute Gasteiger partial charge is 0.348 e. The zero-order chi connectivity index (χ0) is 13.8. The lowest BCUT2D eigenvalue weighted by atomic mass is 10.3. The van der Waals surface area contributed by atoms with Gasteiger partial charge in [-0.15, -0.1) is 11.3 Å². The minimum atomic E-state index is -0.399. The van der Waals surface area contributed by atoms with Crippen molar-refractivity contribution in [3.8, 4) is 0 Å². The van der Waals surface area contributed by atoms with Crippen LogP contribution in [-0.2, 0) is 11.2 Å². The molecule has 2 rings (SSSR count). The molecule has 0 saturated heterocycles.